The van der Waals surface area contributed by atoms with Crippen LogP contribution in [0.2, 0.25) is 0 Å². The Bertz CT molecular complexity index is 518. The summed E-state index contributed by atoms with van der Waals surface area (Å²) in [6.07, 6.45) is 2.57. The first-order valence-corrected chi connectivity index (χ1v) is 7.34. The first-order valence-electron chi connectivity index (χ1n) is 7.34. The monoisotopic (exact) mass is 305 g/mol. The highest BCUT2D eigenvalue weighted by Crippen LogP contribution is 2.25. The smallest absolute Gasteiger partial charge is 0.311 e. The lowest BCUT2D eigenvalue weighted by Crippen LogP contribution is -2.42. The van der Waals surface area contributed by atoms with E-state index in [0.29, 0.717) is 30.8 Å². The van der Waals surface area contributed by atoms with Crippen molar-refractivity contribution < 1.29 is 19.4 Å². The van der Waals surface area contributed by atoms with E-state index in [4.69, 9.17) is 4.74 Å². The van der Waals surface area contributed by atoms with Gasteiger partial charge in [-0.05, 0) is 37.1 Å². The number of ether oxygens (including phenoxy) is 1. The van der Waals surface area contributed by atoms with Crippen molar-refractivity contribution >= 4 is 11.9 Å². The zero-order chi connectivity index (χ0) is 16.6. The first-order chi connectivity index (χ1) is 10.5. The third kappa shape index (κ3) is 4.35. The number of carboxylic acids is 1. The Labute approximate surface area is 131 Å². The average Bonchev–Trinajstić information content (AvgIpc) is 2.54. The second kappa shape index (κ2) is 8.22. The van der Waals surface area contributed by atoms with Gasteiger partial charge in [-0.15, -0.1) is 0 Å². The van der Waals surface area contributed by atoms with Crippen molar-refractivity contribution in [2.24, 2.45) is 5.41 Å². The quantitative estimate of drug-likeness (QED) is 0.688. The van der Waals surface area contributed by atoms with Gasteiger partial charge >= 0.3 is 5.97 Å². The van der Waals surface area contributed by atoms with Crippen LogP contribution in [0.4, 0.5) is 0 Å². The maximum Gasteiger partial charge on any atom is 0.311 e. The number of benzene rings is 1. The van der Waals surface area contributed by atoms with E-state index in [2.05, 4.69) is 11.9 Å². The molecule has 1 aromatic rings. The molecular weight excluding hydrogens is 282 g/mol. The van der Waals surface area contributed by atoms with Gasteiger partial charge in [-0.3, -0.25) is 9.59 Å². The molecule has 5 heteroatoms. The van der Waals surface area contributed by atoms with Crippen LogP contribution in [0.15, 0.2) is 36.9 Å². The molecule has 0 fully saturated rings. The van der Waals surface area contributed by atoms with Gasteiger partial charge in [-0.2, -0.15) is 0 Å². The lowest BCUT2D eigenvalue weighted by Gasteiger charge is -2.26. The normalized spacial score (nSPS) is 10.8. The molecule has 5 nitrogen and oxygen atoms in total. The van der Waals surface area contributed by atoms with Crippen molar-refractivity contribution in [2.75, 3.05) is 13.2 Å². The fourth-order valence-electron chi connectivity index (χ4n) is 2.09. The van der Waals surface area contributed by atoms with E-state index < -0.39 is 11.4 Å². The topological polar surface area (TPSA) is 75.6 Å². The molecule has 22 heavy (non-hydrogen) atoms. The molecule has 1 rings (SSSR count). The molecule has 0 spiro atoms. The minimum Gasteiger partial charge on any atom is -0.490 e. The fraction of sp³-hybridized carbons (Fsp3) is 0.412. The van der Waals surface area contributed by atoms with Crippen molar-refractivity contribution in [3.05, 3.63) is 42.5 Å². The molecule has 0 aromatic heterocycles. The molecule has 0 saturated carbocycles. The van der Waals surface area contributed by atoms with E-state index in [1.807, 2.05) is 13.8 Å². The van der Waals surface area contributed by atoms with Crippen molar-refractivity contribution in [1.29, 1.82) is 0 Å². The minimum atomic E-state index is -0.914. The van der Waals surface area contributed by atoms with Gasteiger partial charge in [-0.1, -0.05) is 26.5 Å². The summed E-state index contributed by atoms with van der Waals surface area (Å²) in [6.45, 7) is 7.71. The van der Waals surface area contributed by atoms with Gasteiger partial charge in [-0.25, -0.2) is 0 Å². The van der Waals surface area contributed by atoms with Crippen LogP contribution in [0.3, 0.4) is 0 Å². The van der Waals surface area contributed by atoms with Crippen LogP contribution < -0.4 is 10.1 Å². The maximum absolute atomic E-state index is 12.1. The molecule has 0 aliphatic rings. The molecule has 0 bridgehead atoms. The number of nitrogens with one attached hydrogen (secondary N) is 1. The van der Waals surface area contributed by atoms with Crippen molar-refractivity contribution in [2.45, 2.75) is 26.7 Å². The number of carbonyl (C=O) groups is 2. The second-order valence-corrected chi connectivity index (χ2v) is 5.10. The molecule has 0 aliphatic carbocycles. The van der Waals surface area contributed by atoms with Crippen LogP contribution in [0, 0.1) is 5.41 Å². The molecular formula is C17H23NO4. The summed E-state index contributed by atoms with van der Waals surface area (Å²) in [5, 5.41) is 12.1. The van der Waals surface area contributed by atoms with Gasteiger partial charge in [0.25, 0.3) is 5.91 Å². The van der Waals surface area contributed by atoms with Crippen LogP contribution >= 0.6 is 0 Å². The Hall–Kier alpha value is -2.30. The number of carbonyl (C=O) groups excluding carboxylic acids is 1. The number of hydrogen-bond acceptors (Lipinski definition) is 3. The van der Waals surface area contributed by atoms with Crippen LogP contribution in [0.25, 0.3) is 0 Å². The summed E-state index contributed by atoms with van der Waals surface area (Å²) in [4.78, 5) is 23.5. The van der Waals surface area contributed by atoms with Gasteiger partial charge in [0.1, 0.15) is 12.4 Å². The van der Waals surface area contributed by atoms with Crippen LogP contribution in [0.1, 0.15) is 37.0 Å². The number of amides is 1. The summed E-state index contributed by atoms with van der Waals surface area (Å²) in [7, 11) is 0. The van der Waals surface area contributed by atoms with Gasteiger partial charge in [0.05, 0.1) is 5.41 Å². The minimum absolute atomic E-state index is 0.114. The third-order valence-electron chi connectivity index (χ3n) is 3.88. The molecule has 2 N–H and O–H groups in total. The lowest BCUT2D eigenvalue weighted by molar-refractivity contribution is -0.149. The zero-order valence-electron chi connectivity index (χ0n) is 13.1. The molecule has 120 valence electrons. The molecule has 0 atom stereocenters. The Morgan fingerprint density at radius 3 is 2.32 bits per heavy atom. The van der Waals surface area contributed by atoms with Crippen LogP contribution in [-0.2, 0) is 4.79 Å². The molecule has 1 aromatic carbocycles. The number of carboxylic acid groups (broad SMARTS) is 1. The van der Waals surface area contributed by atoms with E-state index >= 15 is 0 Å². The molecule has 0 aliphatic heterocycles. The molecule has 1 amide bonds. The highest BCUT2D eigenvalue weighted by Gasteiger charge is 2.35. The predicted molar refractivity (Wildman–Crippen MR) is 85.1 cm³/mol. The van der Waals surface area contributed by atoms with Crippen molar-refractivity contribution in [3.63, 3.8) is 0 Å². The standard InChI is InChI=1S/C17H23NO4/c1-4-11-22-14-9-7-13(8-10-14)15(19)18-12-17(5-2,6-3)16(20)21/h4,7-10H,1,5-6,11-12H2,2-3H3,(H,18,19)(H,20,21). The first kappa shape index (κ1) is 17.8. The summed E-state index contributed by atoms with van der Waals surface area (Å²) >= 11 is 0. The SMILES string of the molecule is C=CCOc1ccc(C(=O)NCC(CC)(CC)C(=O)O)cc1. The van der Waals surface area contributed by atoms with E-state index in [-0.39, 0.29) is 12.5 Å². The molecule has 0 radical (unpaired) electrons. The molecule has 0 unspecified atom stereocenters. The van der Waals surface area contributed by atoms with Crippen molar-refractivity contribution in [1.82, 2.24) is 5.32 Å². The lowest BCUT2D eigenvalue weighted by atomic mass is 9.82. The average molecular weight is 305 g/mol. The predicted octanol–water partition coefficient (Wildman–Crippen LogP) is 2.87. The summed E-state index contributed by atoms with van der Waals surface area (Å²) in [5.41, 5.74) is -0.444. The molecule has 0 heterocycles. The Morgan fingerprint density at radius 1 is 1.27 bits per heavy atom. The number of hydrogen-bond donors (Lipinski definition) is 2. The third-order valence-corrected chi connectivity index (χ3v) is 3.88. The summed E-state index contributed by atoms with van der Waals surface area (Å²) < 4.78 is 5.34. The van der Waals surface area contributed by atoms with Gasteiger partial charge in [0.15, 0.2) is 0 Å². The Kier molecular flexibility index (Phi) is 6.63. The highest BCUT2D eigenvalue weighted by molar-refractivity contribution is 5.94. The Morgan fingerprint density at radius 2 is 1.86 bits per heavy atom. The van der Waals surface area contributed by atoms with Crippen molar-refractivity contribution in [3.8, 4) is 5.75 Å². The highest BCUT2D eigenvalue weighted by atomic mass is 16.5. The summed E-state index contributed by atoms with van der Waals surface area (Å²) in [5.74, 6) is -0.521. The van der Waals surface area contributed by atoms with Crippen LogP contribution in [0.5, 0.6) is 5.75 Å². The van der Waals surface area contributed by atoms with Crippen LogP contribution in [-0.4, -0.2) is 30.1 Å². The summed E-state index contributed by atoms with van der Waals surface area (Å²) in [6, 6.07) is 6.69. The number of rotatable bonds is 9. The Balaban J connectivity index is 2.68. The van der Waals surface area contributed by atoms with E-state index in [0.717, 1.165) is 0 Å². The molecule has 0 saturated heterocycles. The number of aliphatic carboxylic acids is 1. The van der Waals surface area contributed by atoms with E-state index in [9.17, 15) is 14.7 Å². The fourth-order valence-corrected chi connectivity index (χ4v) is 2.09. The largest absolute Gasteiger partial charge is 0.490 e. The van der Waals surface area contributed by atoms with Gasteiger partial charge < -0.3 is 15.2 Å². The maximum atomic E-state index is 12.1. The van der Waals surface area contributed by atoms with E-state index in [1.165, 1.54) is 0 Å². The van der Waals surface area contributed by atoms with Gasteiger partial charge in [0, 0.05) is 12.1 Å². The second-order valence-electron chi connectivity index (χ2n) is 5.10. The van der Waals surface area contributed by atoms with E-state index in [1.54, 1.807) is 30.3 Å². The zero-order valence-corrected chi connectivity index (χ0v) is 13.1. The van der Waals surface area contributed by atoms with Gasteiger partial charge in [0.2, 0.25) is 0 Å².